The zero-order chi connectivity index (χ0) is 11.4. The number of aryl methyl sites for hydroxylation is 3. The van der Waals surface area contributed by atoms with Crippen molar-refractivity contribution < 1.29 is 4.74 Å². The SMILES string of the molecule is COc1cc2c(cc1CCCN)CCCC2. The van der Waals surface area contributed by atoms with Gasteiger partial charge in [0.25, 0.3) is 0 Å². The molecule has 2 rings (SSSR count). The molecule has 2 nitrogen and oxygen atoms in total. The second kappa shape index (κ2) is 5.35. The molecule has 0 saturated carbocycles. The fraction of sp³-hybridized carbons (Fsp3) is 0.571. The van der Waals surface area contributed by atoms with E-state index in [1.54, 1.807) is 7.11 Å². The molecule has 88 valence electrons. The molecule has 0 heterocycles. The molecule has 1 aromatic carbocycles. The van der Waals surface area contributed by atoms with E-state index < -0.39 is 0 Å². The molecule has 0 atom stereocenters. The second-order valence-electron chi connectivity index (χ2n) is 4.53. The minimum atomic E-state index is 0.750. The van der Waals surface area contributed by atoms with Crippen LogP contribution >= 0.6 is 0 Å². The van der Waals surface area contributed by atoms with E-state index in [0.29, 0.717) is 0 Å². The number of methoxy groups -OCH3 is 1. The molecular formula is C14H21NO. The first kappa shape index (κ1) is 11.5. The van der Waals surface area contributed by atoms with Gasteiger partial charge >= 0.3 is 0 Å². The summed E-state index contributed by atoms with van der Waals surface area (Å²) in [6.07, 6.45) is 7.16. The Bertz CT molecular complexity index is 360. The van der Waals surface area contributed by atoms with E-state index in [1.807, 2.05) is 0 Å². The molecule has 0 bridgehead atoms. The number of rotatable bonds is 4. The topological polar surface area (TPSA) is 35.2 Å². The van der Waals surface area contributed by atoms with Gasteiger partial charge in [0.1, 0.15) is 5.75 Å². The van der Waals surface area contributed by atoms with Crippen molar-refractivity contribution in [2.45, 2.75) is 38.5 Å². The van der Waals surface area contributed by atoms with Crippen molar-refractivity contribution in [2.75, 3.05) is 13.7 Å². The van der Waals surface area contributed by atoms with E-state index in [-0.39, 0.29) is 0 Å². The van der Waals surface area contributed by atoms with Crippen LogP contribution in [0.3, 0.4) is 0 Å². The van der Waals surface area contributed by atoms with Crippen molar-refractivity contribution in [3.63, 3.8) is 0 Å². The lowest BCUT2D eigenvalue weighted by atomic mass is 9.89. The van der Waals surface area contributed by atoms with Gasteiger partial charge in [0, 0.05) is 0 Å². The van der Waals surface area contributed by atoms with Gasteiger partial charge < -0.3 is 10.5 Å². The molecule has 0 aliphatic heterocycles. The highest BCUT2D eigenvalue weighted by molar-refractivity contribution is 5.44. The van der Waals surface area contributed by atoms with E-state index in [2.05, 4.69) is 12.1 Å². The average Bonchev–Trinajstić information content (AvgIpc) is 2.35. The van der Waals surface area contributed by atoms with Crippen molar-refractivity contribution in [1.82, 2.24) is 0 Å². The first-order valence-electron chi connectivity index (χ1n) is 6.24. The van der Waals surface area contributed by atoms with Gasteiger partial charge in [-0.2, -0.15) is 0 Å². The summed E-state index contributed by atoms with van der Waals surface area (Å²) in [7, 11) is 1.76. The molecule has 1 aliphatic rings. The Morgan fingerprint density at radius 2 is 1.88 bits per heavy atom. The summed E-state index contributed by atoms with van der Waals surface area (Å²) in [5.41, 5.74) is 9.90. The van der Waals surface area contributed by atoms with Crippen LogP contribution in [0, 0.1) is 0 Å². The fourth-order valence-electron chi connectivity index (χ4n) is 2.49. The summed E-state index contributed by atoms with van der Waals surface area (Å²) in [5, 5.41) is 0. The predicted octanol–water partition coefficient (Wildman–Crippen LogP) is 2.47. The maximum absolute atomic E-state index is 5.56. The van der Waals surface area contributed by atoms with E-state index in [9.17, 15) is 0 Å². The molecule has 0 amide bonds. The standard InChI is InChI=1S/C14H21NO/c1-16-14-10-12-6-3-2-5-11(12)9-13(14)7-4-8-15/h9-10H,2-8,15H2,1H3. The Morgan fingerprint density at radius 1 is 1.19 bits per heavy atom. The average molecular weight is 219 g/mol. The summed E-state index contributed by atoms with van der Waals surface area (Å²) in [5.74, 6) is 1.05. The first-order valence-corrected chi connectivity index (χ1v) is 6.24. The van der Waals surface area contributed by atoms with Gasteiger partial charge in [0.05, 0.1) is 7.11 Å². The normalized spacial score (nSPS) is 14.6. The minimum absolute atomic E-state index is 0.750. The molecule has 0 aromatic heterocycles. The van der Waals surface area contributed by atoms with Crippen molar-refractivity contribution in [3.8, 4) is 5.75 Å². The monoisotopic (exact) mass is 219 g/mol. The molecule has 1 aliphatic carbocycles. The Hall–Kier alpha value is -1.02. The van der Waals surface area contributed by atoms with Crippen LogP contribution in [-0.2, 0) is 19.3 Å². The van der Waals surface area contributed by atoms with Crippen LogP contribution in [0.25, 0.3) is 0 Å². The molecule has 1 aromatic rings. The largest absolute Gasteiger partial charge is 0.496 e. The molecule has 0 unspecified atom stereocenters. The number of fused-ring (bicyclic) bond motifs is 1. The summed E-state index contributed by atoms with van der Waals surface area (Å²) < 4.78 is 5.47. The van der Waals surface area contributed by atoms with Crippen LogP contribution in [0.2, 0.25) is 0 Å². The number of hydrogen-bond acceptors (Lipinski definition) is 2. The predicted molar refractivity (Wildman–Crippen MR) is 67.0 cm³/mol. The third-order valence-electron chi connectivity index (χ3n) is 3.40. The zero-order valence-electron chi connectivity index (χ0n) is 10.1. The summed E-state index contributed by atoms with van der Waals surface area (Å²) >= 11 is 0. The Balaban J connectivity index is 2.28. The van der Waals surface area contributed by atoms with Gasteiger partial charge in [-0.05, 0) is 67.8 Å². The Labute approximate surface area is 97.8 Å². The van der Waals surface area contributed by atoms with Gasteiger partial charge in [-0.25, -0.2) is 0 Å². The lowest BCUT2D eigenvalue weighted by Gasteiger charge is -2.19. The molecular weight excluding hydrogens is 198 g/mol. The van der Waals surface area contributed by atoms with Crippen molar-refractivity contribution in [1.29, 1.82) is 0 Å². The van der Waals surface area contributed by atoms with E-state index in [0.717, 1.165) is 25.1 Å². The number of nitrogens with two attached hydrogens (primary N) is 1. The zero-order valence-corrected chi connectivity index (χ0v) is 10.1. The highest BCUT2D eigenvalue weighted by atomic mass is 16.5. The van der Waals surface area contributed by atoms with Crippen LogP contribution in [0.4, 0.5) is 0 Å². The van der Waals surface area contributed by atoms with Crippen LogP contribution in [0.1, 0.15) is 36.0 Å². The van der Waals surface area contributed by atoms with Gasteiger partial charge in [-0.1, -0.05) is 6.07 Å². The maximum atomic E-state index is 5.56. The van der Waals surface area contributed by atoms with Crippen molar-refractivity contribution in [3.05, 3.63) is 28.8 Å². The molecule has 2 heteroatoms. The molecule has 16 heavy (non-hydrogen) atoms. The van der Waals surface area contributed by atoms with Gasteiger partial charge in [-0.3, -0.25) is 0 Å². The lowest BCUT2D eigenvalue weighted by Crippen LogP contribution is -2.06. The molecule has 0 radical (unpaired) electrons. The smallest absolute Gasteiger partial charge is 0.122 e. The summed E-state index contributed by atoms with van der Waals surface area (Å²) in [6, 6.07) is 4.57. The second-order valence-corrected chi connectivity index (χ2v) is 4.53. The van der Waals surface area contributed by atoms with Crippen LogP contribution in [0.15, 0.2) is 12.1 Å². The van der Waals surface area contributed by atoms with Gasteiger partial charge in [0.2, 0.25) is 0 Å². The van der Waals surface area contributed by atoms with Crippen LogP contribution < -0.4 is 10.5 Å². The highest BCUT2D eigenvalue weighted by Crippen LogP contribution is 2.29. The van der Waals surface area contributed by atoms with Crippen LogP contribution in [0.5, 0.6) is 5.75 Å². The molecule has 0 saturated heterocycles. The third kappa shape index (κ3) is 2.38. The summed E-state index contributed by atoms with van der Waals surface area (Å²) in [4.78, 5) is 0. The minimum Gasteiger partial charge on any atom is -0.496 e. The summed E-state index contributed by atoms with van der Waals surface area (Å²) in [6.45, 7) is 0.750. The molecule has 2 N–H and O–H groups in total. The quantitative estimate of drug-likeness (QED) is 0.844. The Kier molecular flexibility index (Phi) is 3.83. The van der Waals surface area contributed by atoms with E-state index in [1.165, 1.54) is 42.4 Å². The fourth-order valence-corrected chi connectivity index (χ4v) is 2.49. The maximum Gasteiger partial charge on any atom is 0.122 e. The van der Waals surface area contributed by atoms with Crippen molar-refractivity contribution >= 4 is 0 Å². The molecule has 0 spiro atoms. The number of benzene rings is 1. The number of hydrogen-bond donors (Lipinski definition) is 1. The highest BCUT2D eigenvalue weighted by Gasteiger charge is 2.13. The van der Waals surface area contributed by atoms with Gasteiger partial charge in [-0.15, -0.1) is 0 Å². The third-order valence-corrected chi connectivity index (χ3v) is 3.40. The van der Waals surface area contributed by atoms with Crippen molar-refractivity contribution in [2.24, 2.45) is 5.73 Å². The Morgan fingerprint density at radius 3 is 2.50 bits per heavy atom. The van der Waals surface area contributed by atoms with E-state index in [4.69, 9.17) is 10.5 Å². The number of ether oxygens (including phenoxy) is 1. The lowest BCUT2D eigenvalue weighted by molar-refractivity contribution is 0.408. The van der Waals surface area contributed by atoms with Gasteiger partial charge in [0.15, 0.2) is 0 Å². The van der Waals surface area contributed by atoms with E-state index >= 15 is 0 Å². The molecule has 0 fully saturated rings. The van der Waals surface area contributed by atoms with Crippen LogP contribution in [-0.4, -0.2) is 13.7 Å². The first-order chi connectivity index (χ1) is 7.85.